The highest BCUT2D eigenvalue weighted by molar-refractivity contribution is 7.80. The van der Waals surface area contributed by atoms with Crippen molar-refractivity contribution in [1.29, 1.82) is 0 Å². The highest BCUT2D eigenvalue weighted by Gasteiger charge is 2.44. The summed E-state index contributed by atoms with van der Waals surface area (Å²) >= 11 is 5.40. The number of rotatable bonds is 5. The second-order valence-corrected chi connectivity index (χ2v) is 5.70. The van der Waals surface area contributed by atoms with E-state index in [-0.39, 0.29) is 5.41 Å². The summed E-state index contributed by atoms with van der Waals surface area (Å²) in [6.45, 7) is 0. The molecule has 1 aliphatic rings. The smallest absolute Gasteiger partial charge is 0.120 e. The molecule has 0 radical (unpaired) electrons. The van der Waals surface area contributed by atoms with Gasteiger partial charge in [0.2, 0.25) is 0 Å². The summed E-state index contributed by atoms with van der Waals surface area (Å²) in [6, 6.07) is 3.99. The van der Waals surface area contributed by atoms with Crippen molar-refractivity contribution in [3.8, 4) is 0 Å². The van der Waals surface area contributed by atoms with Crippen LogP contribution in [0.5, 0.6) is 0 Å². The third-order valence-electron chi connectivity index (χ3n) is 4.32. The molecule has 19 heavy (non-hydrogen) atoms. The molecule has 0 saturated heterocycles. The standard InChI is InChI=1S/C15H20N2OS/c16-14(19)15(13-6-3-9-17-11-13)8-2-1-5-12(15)7-4-10-18/h3,6,9-12H,1-2,4-5,7-8H2,(H2,16,19). The Balaban J connectivity index is 2.40. The zero-order chi connectivity index (χ0) is 13.7. The number of hydrogen-bond donors (Lipinski definition) is 1. The van der Waals surface area contributed by atoms with Crippen molar-refractivity contribution in [2.24, 2.45) is 11.7 Å². The quantitative estimate of drug-likeness (QED) is 0.663. The van der Waals surface area contributed by atoms with Crippen LogP contribution >= 0.6 is 12.2 Å². The Labute approximate surface area is 119 Å². The van der Waals surface area contributed by atoms with E-state index in [1.54, 1.807) is 6.20 Å². The average Bonchev–Trinajstić information content (AvgIpc) is 2.46. The van der Waals surface area contributed by atoms with E-state index in [1.165, 1.54) is 6.42 Å². The number of pyridine rings is 1. The third kappa shape index (κ3) is 2.68. The van der Waals surface area contributed by atoms with Crippen molar-refractivity contribution in [2.45, 2.75) is 43.9 Å². The molecule has 102 valence electrons. The van der Waals surface area contributed by atoms with Crippen LogP contribution in [0, 0.1) is 5.92 Å². The van der Waals surface area contributed by atoms with Crippen LogP contribution in [0.4, 0.5) is 0 Å². The minimum Gasteiger partial charge on any atom is -0.393 e. The second-order valence-electron chi connectivity index (χ2n) is 5.26. The largest absolute Gasteiger partial charge is 0.393 e. The molecular weight excluding hydrogens is 256 g/mol. The topological polar surface area (TPSA) is 56.0 Å². The molecule has 2 rings (SSSR count). The van der Waals surface area contributed by atoms with Gasteiger partial charge in [0.05, 0.1) is 4.99 Å². The number of nitrogens with zero attached hydrogens (tertiary/aromatic N) is 1. The molecule has 1 saturated carbocycles. The van der Waals surface area contributed by atoms with E-state index in [0.29, 0.717) is 17.3 Å². The number of aldehydes is 1. The van der Waals surface area contributed by atoms with Gasteiger partial charge in [-0.3, -0.25) is 4.98 Å². The molecular formula is C15H20N2OS. The Morgan fingerprint density at radius 3 is 3.05 bits per heavy atom. The van der Waals surface area contributed by atoms with Crippen molar-refractivity contribution in [3.05, 3.63) is 30.1 Å². The van der Waals surface area contributed by atoms with E-state index < -0.39 is 0 Å². The molecule has 1 aromatic rings. The van der Waals surface area contributed by atoms with Crippen molar-refractivity contribution in [2.75, 3.05) is 0 Å². The Hall–Kier alpha value is -1.29. The summed E-state index contributed by atoms with van der Waals surface area (Å²) in [4.78, 5) is 15.5. The van der Waals surface area contributed by atoms with E-state index in [1.807, 2.05) is 12.3 Å². The number of carbonyl (C=O) groups excluding carboxylic acids is 1. The van der Waals surface area contributed by atoms with Crippen molar-refractivity contribution in [1.82, 2.24) is 4.98 Å². The Morgan fingerprint density at radius 1 is 1.58 bits per heavy atom. The minimum absolute atomic E-state index is 0.273. The number of carbonyl (C=O) groups is 1. The second kappa shape index (κ2) is 6.24. The predicted molar refractivity (Wildman–Crippen MR) is 80.0 cm³/mol. The summed E-state index contributed by atoms with van der Waals surface area (Å²) in [5.41, 5.74) is 6.95. The molecule has 0 aliphatic heterocycles. The first-order chi connectivity index (χ1) is 9.21. The van der Waals surface area contributed by atoms with Crippen LogP contribution in [0.15, 0.2) is 24.5 Å². The first-order valence-corrected chi connectivity index (χ1v) is 7.26. The third-order valence-corrected chi connectivity index (χ3v) is 4.68. The average molecular weight is 276 g/mol. The number of hydrogen-bond acceptors (Lipinski definition) is 3. The van der Waals surface area contributed by atoms with Gasteiger partial charge in [-0.2, -0.15) is 0 Å². The summed E-state index contributed by atoms with van der Waals surface area (Å²) < 4.78 is 0. The van der Waals surface area contributed by atoms with E-state index in [2.05, 4.69) is 11.1 Å². The molecule has 0 amide bonds. The maximum absolute atomic E-state index is 10.7. The maximum Gasteiger partial charge on any atom is 0.120 e. The molecule has 2 atom stereocenters. The fraction of sp³-hybridized carbons (Fsp3) is 0.533. The molecule has 1 aliphatic carbocycles. The molecule has 2 unspecified atom stereocenters. The molecule has 0 bridgehead atoms. The predicted octanol–water partition coefficient (Wildman–Crippen LogP) is 2.77. The number of aromatic nitrogens is 1. The van der Waals surface area contributed by atoms with Crippen LogP contribution < -0.4 is 5.73 Å². The van der Waals surface area contributed by atoms with Gasteiger partial charge in [-0.1, -0.05) is 31.1 Å². The van der Waals surface area contributed by atoms with Gasteiger partial charge in [0.1, 0.15) is 6.29 Å². The van der Waals surface area contributed by atoms with Gasteiger partial charge in [0.15, 0.2) is 0 Å². The normalized spacial score (nSPS) is 26.8. The lowest BCUT2D eigenvalue weighted by Crippen LogP contribution is -2.48. The lowest BCUT2D eigenvalue weighted by Gasteiger charge is -2.44. The lowest BCUT2D eigenvalue weighted by atomic mass is 9.61. The van der Waals surface area contributed by atoms with Crippen LogP contribution in [0.1, 0.15) is 44.1 Å². The van der Waals surface area contributed by atoms with Crippen LogP contribution in [-0.4, -0.2) is 16.3 Å². The van der Waals surface area contributed by atoms with Crippen molar-refractivity contribution >= 4 is 23.5 Å². The summed E-state index contributed by atoms with van der Waals surface area (Å²) in [5.74, 6) is 0.355. The van der Waals surface area contributed by atoms with Gasteiger partial charge >= 0.3 is 0 Å². The first kappa shape index (κ1) is 14.1. The van der Waals surface area contributed by atoms with E-state index in [9.17, 15) is 4.79 Å². The zero-order valence-electron chi connectivity index (χ0n) is 11.0. The van der Waals surface area contributed by atoms with Crippen molar-refractivity contribution in [3.63, 3.8) is 0 Å². The number of thiocarbonyl (C=S) groups is 1. The number of nitrogens with two attached hydrogens (primary N) is 1. The van der Waals surface area contributed by atoms with Gasteiger partial charge < -0.3 is 10.5 Å². The van der Waals surface area contributed by atoms with Crippen molar-refractivity contribution < 1.29 is 4.79 Å². The first-order valence-electron chi connectivity index (χ1n) is 6.86. The highest BCUT2D eigenvalue weighted by atomic mass is 32.1. The Bertz CT molecular complexity index is 449. The molecule has 1 aromatic heterocycles. The molecule has 3 nitrogen and oxygen atoms in total. The summed E-state index contributed by atoms with van der Waals surface area (Å²) in [6.07, 6.45) is 10.4. The van der Waals surface area contributed by atoms with Crippen LogP contribution in [-0.2, 0) is 10.2 Å². The van der Waals surface area contributed by atoms with E-state index in [0.717, 1.165) is 37.5 Å². The monoisotopic (exact) mass is 276 g/mol. The summed E-state index contributed by atoms with van der Waals surface area (Å²) in [5, 5.41) is 0. The Morgan fingerprint density at radius 2 is 2.42 bits per heavy atom. The van der Waals surface area contributed by atoms with Crippen LogP contribution in [0.2, 0.25) is 0 Å². The van der Waals surface area contributed by atoms with Crippen LogP contribution in [0.3, 0.4) is 0 Å². The Kier molecular flexibility index (Phi) is 4.64. The fourth-order valence-corrected chi connectivity index (χ4v) is 3.76. The van der Waals surface area contributed by atoms with Gasteiger partial charge in [-0.05, 0) is 36.8 Å². The van der Waals surface area contributed by atoms with Crippen LogP contribution in [0.25, 0.3) is 0 Å². The lowest BCUT2D eigenvalue weighted by molar-refractivity contribution is -0.108. The fourth-order valence-electron chi connectivity index (χ4n) is 3.38. The van der Waals surface area contributed by atoms with Gasteiger partial charge in [-0.15, -0.1) is 0 Å². The molecule has 1 heterocycles. The van der Waals surface area contributed by atoms with Gasteiger partial charge in [-0.25, -0.2) is 0 Å². The molecule has 0 spiro atoms. The van der Waals surface area contributed by atoms with Gasteiger partial charge in [0.25, 0.3) is 0 Å². The minimum atomic E-state index is -0.273. The molecule has 1 fully saturated rings. The van der Waals surface area contributed by atoms with Gasteiger partial charge in [0, 0.05) is 24.2 Å². The molecule has 0 aromatic carbocycles. The van der Waals surface area contributed by atoms with E-state index >= 15 is 0 Å². The SMILES string of the molecule is NC(=S)C1(c2cccnc2)CCCCC1CCC=O. The molecule has 2 N–H and O–H groups in total. The maximum atomic E-state index is 10.7. The zero-order valence-corrected chi connectivity index (χ0v) is 11.9. The van der Waals surface area contributed by atoms with E-state index in [4.69, 9.17) is 18.0 Å². The molecule has 4 heteroatoms. The highest BCUT2D eigenvalue weighted by Crippen LogP contribution is 2.45. The summed E-state index contributed by atoms with van der Waals surface area (Å²) in [7, 11) is 0.